The van der Waals surface area contributed by atoms with Gasteiger partial charge in [-0.15, -0.1) is 0 Å². The fourth-order valence-electron chi connectivity index (χ4n) is 2.58. The summed E-state index contributed by atoms with van der Waals surface area (Å²) in [5.41, 5.74) is 5.33. The van der Waals surface area contributed by atoms with Crippen molar-refractivity contribution in [3.8, 4) is 22.6 Å². The standard InChI is InChI=1S/C15H13O2.2ClH.Ti/c1-16-14-8-11-7-10-5-3-4-6-12(10)13(11)9-15(14)17-2;;;/h3-6,9H,7H2,1-2H3;2*1H;/q;;;+2/p-2. The zero-order valence-electron chi connectivity index (χ0n) is 11.2. The molecule has 0 fully saturated rings. The van der Waals surface area contributed by atoms with Crippen molar-refractivity contribution >= 4 is 3.87 Å². The first kappa shape index (κ1) is 17.4. The molecular weight excluding hydrogens is 331 g/mol. The number of rotatable bonds is 2. The van der Waals surface area contributed by atoms with Gasteiger partial charge in [-0.05, 0) is 0 Å². The summed E-state index contributed by atoms with van der Waals surface area (Å²) in [6, 6.07) is 10.6. The van der Waals surface area contributed by atoms with Crippen LogP contribution in [0, 0.1) is 0 Å². The molecule has 5 heteroatoms. The molecule has 0 heterocycles. The Morgan fingerprint density at radius 1 is 1.00 bits per heavy atom. The van der Waals surface area contributed by atoms with E-state index in [9.17, 15) is 0 Å². The van der Waals surface area contributed by atoms with Crippen LogP contribution < -0.4 is 38.2 Å². The minimum atomic E-state index is 0. The number of hydrogen-bond donors (Lipinski definition) is 0. The normalized spacial score (nSPS) is 10.8. The molecule has 0 amide bonds. The van der Waals surface area contributed by atoms with E-state index >= 15 is 0 Å². The van der Waals surface area contributed by atoms with Crippen LogP contribution in [-0.2, 0) is 26.9 Å². The summed E-state index contributed by atoms with van der Waals surface area (Å²) in [5, 5.41) is 0. The van der Waals surface area contributed by atoms with E-state index < -0.39 is 0 Å². The summed E-state index contributed by atoms with van der Waals surface area (Å²) in [6.45, 7) is 0. The number of ether oxygens (including phenoxy) is 2. The fraction of sp³-hybridized carbons (Fsp3) is 0.200. The molecule has 0 N–H and O–H groups in total. The van der Waals surface area contributed by atoms with Crippen LogP contribution in [0.1, 0.15) is 11.1 Å². The predicted octanol–water partition coefficient (Wildman–Crippen LogP) is -3.54. The molecule has 20 heavy (non-hydrogen) atoms. The molecule has 0 radical (unpaired) electrons. The quantitative estimate of drug-likeness (QED) is 0.449. The largest absolute Gasteiger partial charge is 1.00 e. The molecule has 0 bridgehead atoms. The Hall–Kier alpha value is -0.666. The average molecular weight is 344 g/mol. The Balaban J connectivity index is 0.000001000. The van der Waals surface area contributed by atoms with Gasteiger partial charge in [0.2, 0.25) is 0 Å². The van der Waals surface area contributed by atoms with Crippen molar-refractivity contribution in [1.29, 1.82) is 0 Å². The van der Waals surface area contributed by atoms with Crippen molar-refractivity contribution in [2.75, 3.05) is 14.2 Å². The molecule has 0 unspecified atom stereocenters. The smallest absolute Gasteiger partial charge is 1.00 e. The van der Waals surface area contributed by atoms with E-state index in [1.807, 2.05) is 0 Å². The summed E-state index contributed by atoms with van der Waals surface area (Å²) in [5.74, 6) is 1.66. The van der Waals surface area contributed by atoms with Gasteiger partial charge in [0.05, 0.1) is 0 Å². The average Bonchev–Trinajstić information content (AvgIpc) is 2.77. The predicted molar refractivity (Wildman–Crippen MR) is 67.4 cm³/mol. The van der Waals surface area contributed by atoms with Gasteiger partial charge in [-0.25, -0.2) is 0 Å². The summed E-state index contributed by atoms with van der Waals surface area (Å²) < 4.78 is 12.1. The molecule has 2 aromatic rings. The molecule has 0 saturated carbocycles. The Labute approximate surface area is 143 Å². The molecule has 1 aliphatic carbocycles. The van der Waals surface area contributed by atoms with Crippen LogP contribution in [0.25, 0.3) is 11.1 Å². The van der Waals surface area contributed by atoms with E-state index in [-0.39, 0.29) is 24.8 Å². The van der Waals surface area contributed by atoms with Crippen LogP contribution in [0.3, 0.4) is 0 Å². The third-order valence-electron chi connectivity index (χ3n) is 3.45. The molecule has 0 saturated heterocycles. The van der Waals surface area contributed by atoms with E-state index in [1.165, 1.54) is 26.1 Å². The van der Waals surface area contributed by atoms with Crippen molar-refractivity contribution in [2.45, 2.75) is 6.42 Å². The van der Waals surface area contributed by atoms with Gasteiger partial charge in [0.1, 0.15) is 0 Å². The van der Waals surface area contributed by atoms with Crippen LogP contribution in [0.4, 0.5) is 0 Å². The molecule has 0 aliphatic heterocycles. The van der Waals surface area contributed by atoms with E-state index in [0.29, 0.717) is 0 Å². The van der Waals surface area contributed by atoms with E-state index in [2.05, 4.69) is 50.8 Å². The van der Waals surface area contributed by atoms with Crippen LogP contribution >= 0.6 is 0 Å². The first-order chi connectivity index (χ1) is 8.76. The molecule has 0 aromatic heterocycles. The van der Waals surface area contributed by atoms with E-state index in [1.54, 1.807) is 14.2 Å². The van der Waals surface area contributed by atoms with Gasteiger partial charge < -0.3 is 24.8 Å². The fourth-order valence-corrected chi connectivity index (χ4v) is 3.28. The maximum absolute atomic E-state index is 5.47. The van der Waals surface area contributed by atoms with Gasteiger partial charge in [-0.2, -0.15) is 0 Å². The van der Waals surface area contributed by atoms with Crippen LogP contribution in [0.15, 0.2) is 30.3 Å². The molecular formula is C15H13Cl2O2Ti. The maximum atomic E-state index is 5.47. The Bertz CT molecular complexity index is 630. The molecule has 0 atom stereocenters. The maximum Gasteiger partial charge on any atom is -1.00 e. The van der Waals surface area contributed by atoms with Gasteiger partial charge in [0.15, 0.2) is 0 Å². The molecule has 3 rings (SSSR count). The third kappa shape index (κ3) is 2.58. The summed E-state index contributed by atoms with van der Waals surface area (Å²) >= 11 is 2.10. The van der Waals surface area contributed by atoms with Crippen LogP contribution in [0.2, 0.25) is 0 Å². The molecule has 0 spiro atoms. The zero-order valence-corrected chi connectivity index (χ0v) is 14.2. The van der Waals surface area contributed by atoms with Crippen LogP contribution in [-0.4, -0.2) is 14.2 Å². The summed E-state index contributed by atoms with van der Waals surface area (Å²) in [4.78, 5) is 0. The topological polar surface area (TPSA) is 18.5 Å². The number of halogens is 2. The van der Waals surface area contributed by atoms with E-state index in [4.69, 9.17) is 9.47 Å². The number of hydrogen-bond acceptors (Lipinski definition) is 2. The minimum Gasteiger partial charge on any atom is -1.00 e. The van der Waals surface area contributed by atoms with Gasteiger partial charge in [-0.3, -0.25) is 0 Å². The second kappa shape index (κ2) is 6.86. The van der Waals surface area contributed by atoms with Crippen molar-refractivity contribution in [1.82, 2.24) is 0 Å². The van der Waals surface area contributed by atoms with Gasteiger partial charge >= 0.3 is 119 Å². The second-order valence-corrected chi connectivity index (χ2v) is 5.13. The number of methoxy groups -OCH3 is 2. The van der Waals surface area contributed by atoms with Crippen molar-refractivity contribution in [3.63, 3.8) is 0 Å². The third-order valence-corrected chi connectivity index (χ3v) is 4.28. The molecule has 1 aliphatic rings. The monoisotopic (exact) mass is 343 g/mol. The first-order valence-corrected chi connectivity index (χ1v) is 6.62. The minimum absolute atomic E-state index is 0. The van der Waals surface area contributed by atoms with Crippen LogP contribution in [0.5, 0.6) is 11.5 Å². The van der Waals surface area contributed by atoms with Crippen molar-refractivity contribution < 1.29 is 54.7 Å². The van der Waals surface area contributed by atoms with Gasteiger partial charge in [-0.1, -0.05) is 0 Å². The van der Waals surface area contributed by atoms with Crippen molar-refractivity contribution in [3.05, 3.63) is 41.5 Å². The zero-order chi connectivity index (χ0) is 12.7. The SMILES string of the molecule is COc1cc2c([c]([Ti+2])c1OC)Cc1ccccc1-2.[Cl-].[Cl-]. The Kier molecular flexibility index (Phi) is 5.97. The summed E-state index contributed by atoms with van der Waals surface area (Å²) in [6.07, 6.45) is 0.984. The first-order valence-electron chi connectivity index (χ1n) is 5.84. The Morgan fingerprint density at radius 3 is 2.35 bits per heavy atom. The molecule has 2 nitrogen and oxygen atoms in total. The van der Waals surface area contributed by atoms with Gasteiger partial charge in [0, 0.05) is 0 Å². The second-order valence-electron chi connectivity index (χ2n) is 4.35. The number of fused-ring (bicyclic) bond motifs is 3. The Morgan fingerprint density at radius 2 is 1.70 bits per heavy atom. The van der Waals surface area contributed by atoms with Gasteiger partial charge in [0.25, 0.3) is 0 Å². The van der Waals surface area contributed by atoms with E-state index in [0.717, 1.165) is 17.9 Å². The molecule has 103 valence electrons. The summed E-state index contributed by atoms with van der Waals surface area (Å²) in [7, 11) is 3.38. The number of benzene rings is 2. The molecule has 2 aromatic carbocycles. The van der Waals surface area contributed by atoms with Crippen molar-refractivity contribution in [2.24, 2.45) is 0 Å².